The highest BCUT2D eigenvalue weighted by Gasteiger charge is 2.18. The monoisotopic (exact) mass is 403 g/mol. The van der Waals surface area contributed by atoms with Crippen LogP contribution in [0.3, 0.4) is 0 Å². The number of benzene rings is 2. The van der Waals surface area contributed by atoms with Crippen LogP contribution in [0.4, 0.5) is 22.0 Å². The molecule has 4 rings (SSSR count). The molecule has 29 heavy (non-hydrogen) atoms. The smallest absolute Gasteiger partial charge is 0.323 e. The molecule has 4 N–H and O–H groups in total. The molecule has 0 aliphatic carbocycles. The van der Waals surface area contributed by atoms with E-state index >= 15 is 0 Å². The SMILES string of the molecule is CCc1cccc(N(C(N)=O)c2ccc(-c3c(C)sc4ncnc(N)c34)cc2)c1. The van der Waals surface area contributed by atoms with E-state index in [0.717, 1.165) is 43.9 Å². The van der Waals surface area contributed by atoms with Gasteiger partial charge in [0.1, 0.15) is 17.0 Å². The third-order valence-corrected chi connectivity index (χ3v) is 5.92. The molecule has 2 amide bonds. The molecule has 0 spiro atoms. The summed E-state index contributed by atoms with van der Waals surface area (Å²) in [7, 11) is 0. The Hall–Kier alpha value is -3.45. The standard InChI is InChI=1S/C22H21N5OS/c1-3-14-5-4-6-17(11-14)27(22(24)28)16-9-7-15(8-10-16)18-13(2)29-21-19(18)20(23)25-12-26-21/h4-12H,3H2,1-2H3,(H2,24,28)(H2,23,25,26). The quantitative estimate of drug-likeness (QED) is 0.499. The molecule has 7 heteroatoms. The second-order valence-corrected chi connectivity index (χ2v) is 7.92. The van der Waals surface area contributed by atoms with E-state index in [2.05, 4.69) is 16.9 Å². The van der Waals surface area contributed by atoms with Gasteiger partial charge < -0.3 is 11.5 Å². The van der Waals surface area contributed by atoms with Crippen LogP contribution in [-0.2, 0) is 6.42 Å². The maximum Gasteiger partial charge on any atom is 0.323 e. The Kier molecular flexibility index (Phi) is 4.90. The number of primary amides is 1. The lowest BCUT2D eigenvalue weighted by Crippen LogP contribution is -2.31. The first-order valence-corrected chi connectivity index (χ1v) is 10.1. The molecule has 0 aliphatic heterocycles. The van der Waals surface area contributed by atoms with E-state index in [4.69, 9.17) is 11.5 Å². The summed E-state index contributed by atoms with van der Waals surface area (Å²) < 4.78 is 0. The number of aromatic nitrogens is 2. The molecule has 0 fully saturated rings. The molecule has 4 aromatic rings. The Morgan fingerprint density at radius 2 is 1.86 bits per heavy atom. The first kappa shape index (κ1) is 18.9. The largest absolute Gasteiger partial charge is 0.383 e. The Labute approximate surface area is 172 Å². The van der Waals surface area contributed by atoms with Crippen LogP contribution in [0.2, 0.25) is 0 Å². The topological polar surface area (TPSA) is 98.1 Å². The number of nitrogen functional groups attached to an aromatic ring is 1. The molecular weight excluding hydrogens is 382 g/mol. The zero-order valence-electron chi connectivity index (χ0n) is 16.2. The van der Waals surface area contributed by atoms with Gasteiger partial charge in [-0.2, -0.15) is 0 Å². The number of aryl methyl sites for hydroxylation is 2. The fourth-order valence-electron chi connectivity index (χ4n) is 3.51. The van der Waals surface area contributed by atoms with Crippen LogP contribution in [0.5, 0.6) is 0 Å². The molecular formula is C22H21N5OS. The van der Waals surface area contributed by atoms with Crippen LogP contribution in [0, 0.1) is 6.92 Å². The van der Waals surface area contributed by atoms with Gasteiger partial charge in [0.25, 0.3) is 0 Å². The minimum absolute atomic E-state index is 0.466. The van der Waals surface area contributed by atoms with E-state index in [1.165, 1.54) is 11.2 Å². The van der Waals surface area contributed by atoms with Crippen LogP contribution >= 0.6 is 11.3 Å². The third kappa shape index (κ3) is 3.40. The van der Waals surface area contributed by atoms with Crippen molar-refractivity contribution in [3.63, 3.8) is 0 Å². The third-order valence-electron chi connectivity index (χ3n) is 4.91. The van der Waals surface area contributed by atoms with Crippen molar-refractivity contribution in [1.82, 2.24) is 9.97 Å². The Balaban J connectivity index is 1.77. The minimum Gasteiger partial charge on any atom is -0.383 e. The maximum absolute atomic E-state index is 12.2. The summed E-state index contributed by atoms with van der Waals surface area (Å²) in [5.74, 6) is 0.466. The Morgan fingerprint density at radius 3 is 2.55 bits per heavy atom. The number of nitrogens with zero attached hydrogens (tertiary/aromatic N) is 3. The number of rotatable bonds is 4. The number of amides is 2. The number of carbonyl (C=O) groups is 1. The van der Waals surface area contributed by atoms with Crippen LogP contribution in [-0.4, -0.2) is 16.0 Å². The molecule has 146 valence electrons. The summed E-state index contributed by atoms with van der Waals surface area (Å²) in [5.41, 5.74) is 16.4. The zero-order valence-corrected chi connectivity index (χ0v) is 17.0. The lowest BCUT2D eigenvalue weighted by molar-refractivity contribution is 0.256. The number of hydrogen-bond donors (Lipinski definition) is 2. The van der Waals surface area contributed by atoms with E-state index < -0.39 is 6.03 Å². The van der Waals surface area contributed by atoms with Crippen LogP contribution in [0.15, 0.2) is 54.9 Å². The number of thiophene rings is 1. The van der Waals surface area contributed by atoms with Gasteiger partial charge in [0.2, 0.25) is 0 Å². The lowest BCUT2D eigenvalue weighted by atomic mass is 10.0. The number of hydrogen-bond acceptors (Lipinski definition) is 5. The molecule has 0 radical (unpaired) electrons. The van der Waals surface area contributed by atoms with E-state index in [1.807, 2.05) is 55.5 Å². The van der Waals surface area contributed by atoms with Crippen molar-refractivity contribution < 1.29 is 4.79 Å². The van der Waals surface area contributed by atoms with Crippen LogP contribution < -0.4 is 16.4 Å². The fourth-order valence-corrected chi connectivity index (χ4v) is 4.53. The summed E-state index contributed by atoms with van der Waals surface area (Å²) in [5, 5.41) is 0.866. The highest BCUT2D eigenvalue weighted by atomic mass is 32.1. The molecule has 2 heterocycles. The van der Waals surface area contributed by atoms with Gasteiger partial charge >= 0.3 is 6.03 Å². The van der Waals surface area contributed by atoms with E-state index in [1.54, 1.807) is 11.3 Å². The van der Waals surface area contributed by atoms with Gasteiger partial charge in [0.15, 0.2) is 0 Å². The van der Waals surface area contributed by atoms with Gasteiger partial charge in [-0.15, -0.1) is 11.3 Å². The summed E-state index contributed by atoms with van der Waals surface area (Å²) in [6.07, 6.45) is 2.36. The normalized spacial score (nSPS) is 11.0. The van der Waals surface area contributed by atoms with Gasteiger partial charge in [0.05, 0.1) is 16.8 Å². The van der Waals surface area contributed by atoms with Crippen molar-refractivity contribution >= 4 is 44.8 Å². The maximum atomic E-state index is 12.2. The van der Waals surface area contributed by atoms with Gasteiger partial charge in [0, 0.05) is 10.4 Å². The highest BCUT2D eigenvalue weighted by molar-refractivity contribution is 7.19. The number of urea groups is 1. The molecule has 0 saturated carbocycles. The molecule has 2 aromatic carbocycles. The van der Waals surface area contributed by atoms with E-state index in [-0.39, 0.29) is 0 Å². The zero-order chi connectivity index (χ0) is 20.5. The Bertz CT molecular complexity index is 1200. The van der Waals surface area contributed by atoms with Gasteiger partial charge in [-0.05, 0) is 48.7 Å². The van der Waals surface area contributed by atoms with Crippen LogP contribution in [0.1, 0.15) is 17.4 Å². The molecule has 6 nitrogen and oxygen atoms in total. The minimum atomic E-state index is -0.527. The molecule has 0 saturated heterocycles. The second-order valence-electron chi connectivity index (χ2n) is 6.72. The molecule has 0 unspecified atom stereocenters. The molecule has 2 aromatic heterocycles. The van der Waals surface area contributed by atoms with Crippen molar-refractivity contribution in [2.24, 2.45) is 5.73 Å². The number of fused-ring (bicyclic) bond motifs is 1. The van der Waals surface area contributed by atoms with Crippen molar-refractivity contribution in [2.45, 2.75) is 20.3 Å². The predicted octanol–water partition coefficient (Wildman–Crippen LogP) is 5.03. The number of nitrogens with two attached hydrogens (primary N) is 2. The average Bonchev–Trinajstić information content (AvgIpc) is 3.06. The Morgan fingerprint density at radius 1 is 1.10 bits per heavy atom. The number of anilines is 3. The van der Waals surface area contributed by atoms with Crippen molar-refractivity contribution in [1.29, 1.82) is 0 Å². The molecule has 0 aliphatic rings. The summed E-state index contributed by atoms with van der Waals surface area (Å²) in [6, 6.07) is 15.0. The molecule has 0 atom stereocenters. The number of carbonyl (C=O) groups excluding carboxylic acids is 1. The summed E-state index contributed by atoms with van der Waals surface area (Å²) >= 11 is 1.59. The first-order chi connectivity index (χ1) is 14.0. The van der Waals surface area contributed by atoms with Crippen molar-refractivity contribution in [3.05, 3.63) is 65.3 Å². The highest BCUT2D eigenvalue weighted by Crippen LogP contribution is 2.40. The summed E-state index contributed by atoms with van der Waals surface area (Å²) in [4.78, 5) is 24.2. The fraction of sp³-hybridized carbons (Fsp3) is 0.136. The van der Waals surface area contributed by atoms with Crippen LogP contribution in [0.25, 0.3) is 21.3 Å². The van der Waals surface area contributed by atoms with Gasteiger partial charge in [-0.3, -0.25) is 4.90 Å². The van der Waals surface area contributed by atoms with Crippen molar-refractivity contribution in [2.75, 3.05) is 10.6 Å². The second kappa shape index (κ2) is 7.52. The predicted molar refractivity (Wildman–Crippen MR) is 120 cm³/mol. The van der Waals surface area contributed by atoms with Gasteiger partial charge in [-0.1, -0.05) is 31.2 Å². The van der Waals surface area contributed by atoms with E-state index in [9.17, 15) is 4.79 Å². The first-order valence-electron chi connectivity index (χ1n) is 9.28. The average molecular weight is 404 g/mol. The van der Waals surface area contributed by atoms with Crippen molar-refractivity contribution in [3.8, 4) is 11.1 Å². The van der Waals surface area contributed by atoms with E-state index in [0.29, 0.717) is 11.5 Å². The van der Waals surface area contributed by atoms with Gasteiger partial charge in [-0.25, -0.2) is 14.8 Å². The molecule has 0 bridgehead atoms. The lowest BCUT2D eigenvalue weighted by Gasteiger charge is -2.21. The summed E-state index contributed by atoms with van der Waals surface area (Å²) in [6.45, 7) is 4.12.